The van der Waals surface area contributed by atoms with Gasteiger partial charge < -0.3 is 4.74 Å². The van der Waals surface area contributed by atoms with Crippen LogP contribution in [0.25, 0.3) is 0 Å². The minimum Gasteiger partial charge on any atom is -0.380 e. The van der Waals surface area contributed by atoms with E-state index in [2.05, 4.69) is 45.9 Å². The maximum atomic E-state index is 11.5. The maximum Gasteiger partial charge on any atom is 0.152 e. The molecule has 1 aromatic rings. The highest BCUT2D eigenvalue weighted by molar-refractivity contribution is 5.87. The lowest BCUT2D eigenvalue weighted by molar-refractivity contribution is 0.111. The number of benzene rings is 1. The maximum absolute atomic E-state index is 11.5. The van der Waals surface area contributed by atoms with Gasteiger partial charge in [0.2, 0.25) is 0 Å². The van der Waals surface area contributed by atoms with Crippen molar-refractivity contribution in [2.45, 2.75) is 54.6 Å². The Kier molecular flexibility index (Phi) is 7.03. The number of hydrogen-bond acceptors (Lipinski definition) is 4. The van der Waals surface area contributed by atoms with Gasteiger partial charge in [0.1, 0.15) is 5.69 Å². The molecular formula is C20H29NO3. The molecule has 0 saturated carbocycles. The zero-order chi connectivity index (χ0) is 18.5. The Balaban J connectivity index is 3.33. The number of methoxy groups -OCH3 is 1. The Morgan fingerprint density at radius 3 is 2.46 bits per heavy atom. The van der Waals surface area contributed by atoms with Crippen molar-refractivity contribution in [3.05, 3.63) is 44.9 Å². The van der Waals surface area contributed by atoms with Gasteiger partial charge in [0.15, 0.2) is 6.29 Å². The van der Waals surface area contributed by atoms with Crippen LogP contribution >= 0.6 is 0 Å². The first kappa shape index (κ1) is 20.2. The molecule has 0 saturated heterocycles. The molecule has 24 heavy (non-hydrogen) atoms. The third-order valence-corrected chi connectivity index (χ3v) is 5.34. The van der Waals surface area contributed by atoms with Crippen molar-refractivity contribution in [3.63, 3.8) is 0 Å². The minimum absolute atomic E-state index is 0.0767. The summed E-state index contributed by atoms with van der Waals surface area (Å²) in [6.07, 6.45) is 3.42. The fraction of sp³-hybridized carbons (Fsp3) is 0.550. The van der Waals surface area contributed by atoms with E-state index in [0.29, 0.717) is 24.2 Å². The first-order chi connectivity index (χ1) is 11.2. The third-order valence-electron chi connectivity index (χ3n) is 5.34. The van der Waals surface area contributed by atoms with Crippen LogP contribution in [0.1, 0.15) is 61.7 Å². The summed E-state index contributed by atoms with van der Waals surface area (Å²) in [4.78, 5) is 22.9. The van der Waals surface area contributed by atoms with E-state index >= 15 is 0 Å². The van der Waals surface area contributed by atoms with Crippen molar-refractivity contribution >= 4 is 12.0 Å². The standard InChI is InChI=1S/C20H29NO3/c1-13(2)20(5,6)15(4)8-9-16-10-14(3)18(12-24-7)17(11-22)19(16)21-23/h8,10-11,13H,9,12H2,1-7H3/b15-8+. The van der Waals surface area contributed by atoms with E-state index in [-0.39, 0.29) is 17.7 Å². The SMILES string of the molecule is COCc1c(C)cc(C/C=C(\C)C(C)(C)C(C)C)c(N=O)c1C=O. The number of hydrogen-bond donors (Lipinski definition) is 0. The molecule has 0 aliphatic rings. The van der Waals surface area contributed by atoms with Gasteiger partial charge in [-0.15, -0.1) is 4.91 Å². The van der Waals surface area contributed by atoms with Crippen LogP contribution in [0.2, 0.25) is 0 Å². The van der Waals surface area contributed by atoms with Crippen molar-refractivity contribution in [2.75, 3.05) is 7.11 Å². The molecule has 1 aromatic carbocycles. The lowest BCUT2D eigenvalue weighted by atomic mass is 9.75. The summed E-state index contributed by atoms with van der Waals surface area (Å²) in [6, 6.07) is 1.93. The lowest BCUT2D eigenvalue weighted by Crippen LogP contribution is -2.20. The van der Waals surface area contributed by atoms with Crippen LogP contribution in [0.15, 0.2) is 22.9 Å². The average molecular weight is 331 g/mol. The van der Waals surface area contributed by atoms with Crippen molar-refractivity contribution in [3.8, 4) is 0 Å². The molecule has 4 heteroatoms. The van der Waals surface area contributed by atoms with E-state index in [1.807, 2.05) is 13.0 Å². The van der Waals surface area contributed by atoms with Crippen LogP contribution < -0.4 is 0 Å². The van der Waals surface area contributed by atoms with Gasteiger partial charge in [-0.25, -0.2) is 0 Å². The largest absolute Gasteiger partial charge is 0.380 e. The van der Waals surface area contributed by atoms with Crippen LogP contribution in [-0.4, -0.2) is 13.4 Å². The number of carbonyl (C=O) groups is 1. The smallest absolute Gasteiger partial charge is 0.152 e. The molecule has 1 rings (SSSR count). The average Bonchev–Trinajstić information content (AvgIpc) is 2.53. The second-order valence-corrected chi connectivity index (χ2v) is 7.20. The molecule has 132 valence electrons. The molecule has 0 heterocycles. The summed E-state index contributed by atoms with van der Waals surface area (Å²) in [5.74, 6) is 0.508. The van der Waals surface area contributed by atoms with E-state index in [1.54, 1.807) is 7.11 Å². The summed E-state index contributed by atoms with van der Waals surface area (Å²) in [6.45, 7) is 13.2. The molecule has 0 fully saturated rings. The number of aldehydes is 1. The van der Waals surface area contributed by atoms with Gasteiger partial charge in [0.05, 0.1) is 6.61 Å². The summed E-state index contributed by atoms with van der Waals surface area (Å²) in [5, 5.41) is 3.13. The van der Waals surface area contributed by atoms with E-state index in [9.17, 15) is 9.70 Å². The van der Waals surface area contributed by atoms with Gasteiger partial charge in [-0.2, -0.15) is 0 Å². The number of allylic oxidation sites excluding steroid dienone is 2. The zero-order valence-electron chi connectivity index (χ0n) is 15.9. The molecule has 0 amide bonds. The van der Waals surface area contributed by atoms with Gasteiger partial charge >= 0.3 is 0 Å². The zero-order valence-corrected chi connectivity index (χ0v) is 15.9. The Morgan fingerprint density at radius 1 is 1.38 bits per heavy atom. The highest BCUT2D eigenvalue weighted by atomic mass is 16.5. The highest BCUT2D eigenvalue weighted by Crippen LogP contribution is 2.35. The van der Waals surface area contributed by atoms with Crippen molar-refractivity contribution < 1.29 is 9.53 Å². The van der Waals surface area contributed by atoms with Crippen LogP contribution in [0, 0.1) is 23.2 Å². The van der Waals surface area contributed by atoms with E-state index in [0.717, 1.165) is 16.7 Å². The molecule has 0 spiro atoms. The fourth-order valence-corrected chi connectivity index (χ4v) is 2.65. The molecule has 0 bridgehead atoms. The number of aryl methyl sites for hydroxylation is 1. The fourth-order valence-electron chi connectivity index (χ4n) is 2.65. The van der Waals surface area contributed by atoms with E-state index in [4.69, 9.17) is 4.74 Å². The molecule has 0 N–H and O–H groups in total. The minimum atomic E-state index is 0.0767. The van der Waals surface area contributed by atoms with Crippen molar-refractivity contribution in [1.82, 2.24) is 0 Å². The van der Waals surface area contributed by atoms with Crippen molar-refractivity contribution in [1.29, 1.82) is 0 Å². The number of nitrogens with zero attached hydrogens (tertiary/aromatic N) is 1. The Hall–Kier alpha value is -1.81. The third kappa shape index (κ3) is 4.18. The molecular weight excluding hydrogens is 302 g/mol. The molecule has 0 unspecified atom stereocenters. The van der Waals surface area contributed by atoms with Gasteiger partial charge in [0.25, 0.3) is 0 Å². The van der Waals surface area contributed by atoms with Gasteiger partial charge in [0, 0.05) is 12.7 Å². The Bertz CT molecular complexity index is 643. The Labute approximate surface area is 145 Å². The summed E-state index contributed by atoms with van der Waals surface area (Å²) >= 11 is 0. The first-order valence-corrected chi connectivity index (χ1v) is 8.30. The Morgan fingerprint density at radius 2 is 2.00 bits per heavy atom. The molecule has 0 aromatic heterocycles. The molecule has 0 atom stereocenters. The van der Waals surface area contributed by atoms with E-state index in [1.165, 1.54) is 5.57 Å². The number of rotatable bonds is 8. The summed E-state index contributed by atoms with van der Waals surface area (Å²) in [7, 11) is 1.57. The van der Waals surface area contributed by atoms with Crippen LogP contribution in [0.4, 0.5) is 5.69 Å². The van der Waals surface area contributed by atoms with E-state index < -0.39 is 0 Å². The van der Waals surface area contributed by atoms with Gasteiger partial charge in [-0.3, -0.25) is 4.79 Å². The molecule has 4 nitrogen and oxygen atoms in total. The second kappa shape index (κ2) is 8.34. The van der Waals surface area contributed by atoms with Gasteiger partial charge in [-0.1, -0.05) is 45.4 Å². The predicted molar refractivity (Wildman–Crippen MR) is 98.8 cm³/mol. The van der Waals surface area contributed by atoms with Crippen LogP contribution in [0.5, 0.6) is 0 Å². The summed E-state index contributed by atoms with van der Waals surface area (Å²) in [5.41, 5.74) is 4.37. The lowest BCUT2D eigenvalue weighted by Gasteiger charge is -2.30. The predicted octanol–water partition coefficient (Wildman–Crippen LogP) is 5.52. The number of nitroso groups, excluding NO2 is 1. The molecule has 0 aliphatic carbocycles. The first-order valence-electron chi connectivity index (χ1n) is 8.30. The quantitative estimate of drug-likeness (QED) is 0.358. The molecule has 0 aliphatic heterocycles. The normalized spacial score (nSPS) is 12.6. The highest BCUT2D eigenvalue weighted by Gasteiger charge is 2.24. The molecule has 0 radical (unpaired) electrons. The summed E-state index contributed by atoms with van der Waals surface area (Å²) < 4.78 is 5.15. The number of ether oxygens (including phenoxy) is 1. The second-order valence-electron chi connectivity index (χ2n) is 7.20. The van der Waals surface area contributed by atoms with Gasteiger partial charge in [-0.05, 0) is 53.5 Å². The topological polar surface area (TPSA) is 55.7 Å². The number of carbonyl (C=O) groups excluding carboxylic acids is 1. The van der Waals surface area contributed by atoms with Crippen LogP contribution in [0.3, 0.4) is 0 Å². The van der Waals surface area contributed by atoms with Crippen molar-refractivity contribution in [2.24, 2.45) is 16.5 Å². The monoisotopic (exact) mass is 331 g/mol. The van der Waals surface area contributed by atoms with Crippen LogP contribution in [-0.2, 0) is 17.8 Å².